The van der Waals surface area contributed by atoms with Gasteiger partial charge in [0.2, 0.25) is 11.7 Å². The van der Waals surface area contributed by atoms with Crippen LogP contribution in [0.3, 0.4) is 0 Å². The minimum atomic E-state index is -0.282. The third-order valence-corrected chi connectivity index (χ3v) is 4.18. The van der Waals surface area contributed by atoms with Crippen molar-refractivity contribution >= 4 is 17.5 Å². The lowest BCUT2D eigenvalue weighted by Gasteiger charge is -2.18. The predicted molar refractivity (Wildman–Crippen MR) is 100 cm³/mol. The fraction of sp³-hybridized carbons (Fsp3) is 0.211. The van der Waals surface area contributed by atoms with Gasteiger partial charge in [0.1, 0.15) is 23.6 Å². The van der Waals surface area contributed by atoms with E-state index >= 15 is 0 Å². The Labute approximate surface area is 161 Å². The summed E-state index contributed by atoms with van der Waals surface area (Å²) in [5, 5.41) is 4.58. The van der Waals surface area contributed by atoms with Crippen molar-refractivity contribution in [2.24, 2.45) is 0 Å². The van der Waals surface area contributed by atoms with E-state index in [-0.39, 0.29) is 12.5 Å². The first kappa shape index (κ1) is 18.7. The molecule has 3 aromatic rings. The number of benzene rings is 2. The fourth-order valence-electron chi connectivity index (χ4n) is 2.56. The molecule has 0 aliphatic carbocycles. The number of halogens is 1. The highest BCUT2D eigenvalue weighted by atomic mass is 35.5. The number of nitrogens with zero attached hydrogens (tertiary/aromatic N) is 3. The van der Waals surface area contributed by atoms with Gasteiger partial charge in [-0.05, 0) is 36.4 Å². The quantitative estimate of drug-likeness (QED) is 0.642. The Hall–Kier alpha value is -3.06. The fourth-order valence-corrected chi connectivity index (χ4v) is 2.69. The van der Waals surface area contributed by atoms with Crippen molar-refractivity contribution in [2.75, 3.05) is 21.3 Å². The molecule has 1 amide bonds. The summed E-state index contributed by atoms with van der Waals surface area (Å²) in [5.41, 5.74) is 1.11. The Bertz CT molecular complexity index is 918. The maximum atomic E-state index is 12.9. The van der Waals surface area contributed by atoms with Gasteiger partial charge in [0.15, 0.2) is 0 Å². The van der Waals surface area contributed by atoms with E-state index in [1.165, 1.54) is 19.1 Å². The lowest BCUT2D eigenvalue weighted by atomic mass is 10.1. The van der Waals surface area contributed by atoms with Gasteiger partial charge in [-0.2, -0.15) is 4.98 Å². The smallest absolute Gasteiger partial charge is 0.261 e. The van der Waals surface area contributed by atoms with Crippen LogP contribution in [0.2, 0.25) is 5.02 Å². The number of methoxy groups -OCH3 is 2. The summed E-state index contributed by atoms with van der Waals surface area (Å²) in [5.74, 6) is 1.31. The van der Waals surface area contributed by atoms with E-state index in [1.807, 2.05) is 0 Å². The van der Waals surface area contributed by atoms with Crippen molar-refractivity contribution in [1.82, 2.24) is 15.0 Å². The van der Waals surface area contributed by atoms with Crippen molar-refractivity contribution in [3.05, 3.63) is 58.9 Å². The Balaban J connectivity index is 1.79. The zero-order valence-corrected chi connectivity index (χ0v) is 15.9. The summed E-state index contributed by atoms with van der Waals surface area (Å²) in [7, 11) is 4.64. The van der Waals surface area contributed by atoms with E-state index < -0.39 is 0 Å². The van der Waals surface area contributed by atoms with Crippen LogP contribution in [0.25, 0.3) is 11.4 Å². The standard InChI is InChI=1S/C19H18ClN3O4/c1-23(19(24)17-14(25-2)5-4-6-15(17)26-3)11-16-21-18(22-27-16)12-7-9-13(20)10-8-12/h4-10H,11H2,1-3H3. The summed E-state index contributed by atoms with van der Waals surface area (Å²) in [6.07, 6.45) is 0. The van der Waals surface area contributed by atoms with Crippen LogP contribution in [-0.4, -0.2) is 42.2 Å². The molecule has 0 fully saturated rings. The summed E-state index contributed by atoms with van der Waals surface area (Å²) in [4.78, 5) is 18.7. The average molecular weight is 388 g/mol. The normalized spacial score (nSPS) is 10.5. The molecule has 27 heavy (non-hydrogen) atoms. The number of aromatic nitrogens is 2. The van der Waals surface area contributed by atoms with Crippen molar-refractivity contribution < 1.29 is 18.8 Å². The first-order valence-electron chi connectivity index (χ1n) is 8.08. The van der Waals surface area contributed by atoms with Crippen LogP contribution in [0.4, 0.5) is 0 Å². The first-order valence-corrected chi connectivity index (χ1v) is 8.46. The second kappa shape index (κ2) is 8.09. The average Bonchev–Trinajstić information content (AvgIpc) is 3.15. The van der Waals surface area contributed by atoms with Gasteiger partial charge < -0.3 is 18.9 Å². The van der Waals surface area contributed by atoms with Crippen molar-refractivity contribution in [1.29, 1.82) is 0 Å². The Morgan fingerprint density at radius 2 is 1.74 bits per heavy atom. The van der Waals surface area contributed by atoms with Crippen molar-refractivity contribution in [2.45, 2.75) is 6.54 Å². The number of hydrogen-bond donors (Lipinski definition) is 0. The summed E-state index contributed by atoms with van der Waals surface area (Å²) in [6.45, 7) is 0.140. The van der Waals surface area contributed by atoms with Crippen LogP contribution < -0.4 is 9.47 Å². The highest BCUT2D eigenvalue weighted by Gasteiger charge is 2.23. The number of rotatable bonds is 6. The van der Waals surface area contributed by atoms with E-state index in [0.29, 0.717) is 33.8 Å². The van der Waals surface area contributed by atoms with Crippen molar-refractivity contribution in [3.8, 4) is 22.9 Å². The third kappa shape index (κ3) is 4.03. The van der Waals surface area contributed by atoms with E-state index in [1.54, 1.807) is 49.5 Å². The highest BCUT2D eigenvalue weighted by Crippen LogP contribution is 2.29. The van der Waals surface area contributed by atoms with Gasteiger partial charge in [0, 0.05) is 17.6 Å². The number of amides is 1. The molecule has 8 heteroatoms. The second-order valence-electron chi connectivity index (χ2n) is 5.72. The van der Waals surface area contributed by atoms with Crippen LogP contribution in [0.15, 0.2) is 47.0 Å². The number of carbonyl (C=O) groups is 1. The molecule has 2 aromatic carbocycles. The van der Waals surface area contributed by atoms with Crippen LogP contribution in [0.1, 0.15) is 16.2 Å². The lowest BCUT2D eigenvalue weighted by Crippen LogP contribution is -2.27. The van der Waals surface area contributed by atoms with E-state index in [9.17, 15) is 4.79 Å². The molecule has 0 aliphatic rings. The third-order valence-electron chi connectivity index (χ3n) is 3.93. The number of ether oxygens (including phenoxy) is 2. The molecule has 3 rings (SSSR count). The van der Waals surface area contributed by atoms with Crippen molar-refractivity contribution in [3.63, 3.8) is 0 Å². The molecule has 0 saturated heterocycles. The van der Waals surface area contributed by atoms with Gasteiger partial charge in [-0.15, -0.1) is 0 Å². The minimum Gasteiger partial charge on any atom is -0.496 e. The van der Waals surface area contributed by atoms with Crippen LogP contribution >= 0.6 is 11.6 Å². The van der Waals surface area contributed by atoms with Crippen LogP contribution in [0, 0.1) is 0 Å². The zero-order valence-electron chi connectivity index (χ0n) is 15.1. The van der Waals surface area contributed by atoms with E-state index in [0.717, 1.165) is 5.56 Å². The molecule has 0 unspecified atom stereocenters. The Morgan fingerprint density at radius 1 is 1.11 bits per heavy atom. The number of hydrogen-bond acceptors (Lipinski definition) is 6. The molecular formula is C19H18ClN3O4. The monoisotopic (exact) mass is 387 g/mol. The summed E-state index contributed by atoms with van der Waals surface area (Å²) < 4.78 is 15.9. The molecule has 7 nitrogen and oxygen atoms in total. The highest BCUT2D eigenvalue weighted by molar-refractivity contribution is 6.30. The largest absolute Gasteiger partial charge is 0.496 e. The Kier molecular flexibility index (Phi) is 5.61. The predicted octanol–water partition coefficient (Wildman–Crippen LogP) is 3.68. The molecule has 0 atom stereocenters. The van der Waals surface area contributed by atoms with E-state index in [4.69, 9.17) is 25.6 Å². The molecule has 1 heterocycles. The summed E-state index contributed by atoms with van der Waals surface area (Å²) in [6, 6.07) is 12.2. The van der Waals surface area contributed by atoms with Gasteiger partial charge in [0.25, 0.3) is 5.91 Å². The zero-order chi connectivity index (χ0) is 19.4. The van der Waals surface area contributed by atoms with Crippen LogP contribution in [0.5, 0.6) is 11.5 Å². The second-order valence-corrected chi connectivity index (χ2v) is 6.15. The molecule has 0 N–H and O–H groups in total. The molecule has 140 valence electrons. The maximum Gasteiger partial charge on any atom is 0.261 e. The van der Waals surface area contributed by atoms with Gasteiger partial charge in [-0.1, -0.05) is 22.8 Å². The van der Waals surface area contributed by atoms with Crippen LogP contribution in [-0.2, 0) is 6.54 Å². The number of carbonyl (C=O) groups excluding carboxylic acids is 1. The molecule has 0 aliphatic heterocycles. The molecular weight excluding hydrogens is 370 g/mol. The van der Waals surface area contributed by atoms with Gasteiger partial charge in [-0.25, -0.2) is 0 Å². The topological polar surface area (TPSA) is 77.7 Å². The first-order chi connectivity index (χ1) is 13.0. The van der Waals surface area contributed by atoms with Gasteiger partial charge in [0.05, 0.1) is 14.2 Å². The van der Waals surface area contributed by atoms with Gasteiger partial charge in [-0.3, -0.25) is 4.79 Å². The molecule has 0 radical (unpaired) electrons. The SMILES string of the molecule is COc1cccc(OC)c1C(=O)N(C)Cc1nc(-c2ccc(Cl)cc2)no1. The minimum absolute atomic E-state index is 0.140. The molecule has 0 spiro atoms. The molecule has 1 aromatic heterocycles. The van der Waals surface area contributed by atoms with Gasteiger partial charge >= 0.3 is 0 Å². The van der Waals surface area contributed by atoms with E-state index in [2.05, 4.69) is 10.1 Å². The molecule has 0 bridgehead atoms. The maximum absolute atomic E-state index is 12.9. The molecule has 0 saturated carbocycles. The lowest BCUT2D eigenvalue weighted by molar-refractivity contribution is 0.0762. The summed E-state index contributed by atoms with van der Waals surface area (Å²) >= 11 is 5.89. The Morgan fingerprint density at radius 3 is 2.33 bits per heavy atom.